The number of carbonyl (C=O) groups excluding carboxylic acids is 1. The number of carboxylic acids is 1. The van der Waals surface area contributed by atoms with Crippen molar-refractivity contribution < 1.29 is 19.4 Å². The number of ether oxygens (including phenoxy) is 1. The van der Waals surface area contributed by atoms with Gasteiger partial charge >= 0.3 is 5.97 Å². The third-order valence-corrected chi connectivity index (χ3v) is 4.56. The first-order valence-corrected chi connectivity index (χ1v) is 9.13. The van der Waals surface area contributed by atoms with Crippen LogP contribution < -0.4 is 5.32 Å². The summed E-state index contributed by atoms with van der Waals surface area (Å²) in [6, 6.07) is 7.45. The molecule has 5 heteroatoms. The number of rotatable bonds is 8. The van der Waals surface area contributed by atoms with E-state index in [0.29, 0.717) is 32.0 Å². The topological polar surface area (TPSA) is 75.6 Å². The average molecular weight is 347 g/mol. The van der Waals surface area contributed by atoms with Gasteiger partial charge in [-0.15, -0.1) is 0 Å². The maximum absolute atomic E-state index is 12.2. The van der Waals surface area contributed by atoms with Crippen LogP contribution in [0.2, 0.25) is 0 Å². The molecule has 0 saturated carbocycles. The quantitative estimate of drug-likeness (QED) is 0.758. The second-order valence-corrected chi connectivity index (χ2v) is 7.28. The van der Waals surface area contributed by atoms with E-state index < -0.39 is 12.0 Å². The Morgan fingerprint density at radius 3 is 2.48 bits per heavy atom. The lowest BCUT2D eigenvalue weighted by Gasteiger charge is -2.28. The third kappa shape index (κ3) is 6.50. The van der Waals surface area contributed by atoms with Gasteiger partial charge in [-0.3, -0.25) is 4.79 Å². The number of hydrogen-bond acceptors (Lipinski definition) is 3. The van der Waals surface area contributed by atoms with E-state index in [1.807, 2.05) is 0 Å². The second-order valence-electron chi connectivity index (χ2n) is 7.28. The van der Waals surface area contributed by atoms with E-state index in [-0.39, 0.29) is 11.8 Å². The largest absolute Gasteiger partial charge is 0.480 e. The summed E-state index contributed by atoms with van der Waals surface area (Å²) in [4.78, 5) is 23.6. The van der Waals surface area contributed by atoms with E-state index in [0.717, 1.165) is 24.8 Å². The van der Waals surface area contributed by atoms with Crippen molar-refractivity contribution in [2.24, 2.45) is 11.8 Å². The molecule has 0 radical (unpaired) electrons. The highest BCUT2D eigenvalue weighted by Gasteiger charge is 2.31. The molecular weight excluding hydrogens is 318 g/mol. The van der Waals surface area contributed by atoms with Crippen LogP contribution in [0.4, 0.5) is 0 Å². The minimum absolute atomic E-state index is 0.148. The Morgan fingerprint density at radius 1 is 1.24 bits per heavy atom. The summed E-state index contributed by atoms with van der Waals surface area (Å²) < 4.78 is 5.35. The Balaban J connectivity index is 1.83. The molecule has 5 nitrogen and oxygen atoms in total. The first-order valence-electron chi connectivity index (χ1n) is 9.13. The molecule has 0 aliphatic carbocycles. The van der Waals surface area contributed by atoms with E-state index in [9.17, 15) is 14.7 Å². The SMILES string of the molecule is CC(C)Cc1ccc(CCC(=O)NC(C(=O)O)C2CCCOC2)cc1. The van der Waals surface area contributed by atoms with Crippen molar-refractivity contribution in [3.05, 3.63) is 35.4 Å². The Labute approximate surface area is 149 Å². The number of carboxylic acid groups (broad SMARTS) is 1. The van der Waals surface area contributed by atoms with Gasteiger partial charge in [0.1, 0.15) is 6.04 Å². The lowest BCUT2D eigenvalue weighted by Crippen LogP contribution is -2.48. The van der Waals surface area contributed by atoms with Gasteiger partial charge in [-0.05, 0) is 42.7 Å². The van der Waals surface area contributed by atoms with Crippen LogP contribution in [0.1, 0.15) is 44.2 Å². The summed E-state index contributed by atoms with van der Waals surface area (Å²) in [6.45, 7) is 5.45. The number of nitrogens with one attached hydrogen (secondary N) is 1. The van der Waals surface area contributed by atoms with Crippen molar-refractivity contribution in [3.8, 4) is 0 Å². The minimum Gasteiger partial charge on any atom is -0.480 e. The van der Waals surface area contributed by atoms with Crippen LogP contribution in [-0.2, 0) is 27.2 Å². The number of carbonyl (C=O) groups is 2. The Bertz CT molecular complexity index is 562. The van der Waals surface area contributed by atoms with Crippen molar-refractivity contribution in [1.82, 2.24) is 5.32 Å². The molecule has 1 aliphatic rings. The Kier molecular flexibility index (Phi) is 7.44. The van der Waals surface area contributed by atoms with E-state index in [4.69, 9.17) is 4.74 Å². The molecule has 2 N–H and O–H groups in total. The summed E-state index contributed by atoms with van der Waals surface area (Å²) in [5.41, 5.74) is 2.39. The number of aryl methyl sites for hydroxylation is 1. The van der Waals surface area contributed by atoms with Crippen LogP contribution in [0.15, 0.2) is 24.3 Å². The molecule has 1 fully saturated rings. The molecule has 25 heavy (non-hydrogen) atoms. The van der Waals surface area contributed by atoms with Crippen molar-refractivity contribution in [2.75, 3.05) is 13.2 Å². The molecule has 0 aromatic heterocycles. The van der Waals surface area contributed by atoms with Crippen molar-refractivity contribution >= 4 is 11.9 Å². The summed E-state index contributed by atoms with van der Waals surface area (Å²) in [7, 11) is 0. The summed E-state index contributed by atoms with van der Waals surface area (Å²) in [5.74, 6) is -0.731. The van der Waals surface area contributed by atoms with Gasteiger partial charge in [0.2, 0.25) is 5.91 Å². The van der Waals surface area contributed by atoms with Crippen LogP contribution >= 0.6 is 0 Å². The summed E-state index contributed by atoms with van der Waals surface area (Å²) in [5, 5.41) is 12.1. The van der Waals surface area contributed by atoms with Gasteiger partial charge in [-0.1, -0.05) is 38.1 Å². The Morgan fingerprint density at radius 2 is 1.92 bits per heavy atom. The van der Waals surface area contributed by atoms with Gasteiger partial charge < -0.3 is 15.2 Å². The molecule has 2 atom stereocenters. The zero-order valence-corrected chi connectivity index (χ0v) is 15.2. The van der Waals surface area contributed by atoms with Crippen molar-refractivity contribution in [2.45, 2.75) is 52.0 Å². The molecule has 0 bridgehead atoms. The number of aliphatic carboxylic acids is 1. The average Bonchev–Trinajstić information content (AvgIpc) is 2.59. The molecule has 2 unspecified atom stereocenters. The molecule has 0 spiro atoms. The second kappa shape index (κ2) is 9.56. The summed E-state index contributed by atoms with van der Waals surface area (Å²) >= 11 is 0. The zero-order valence-electron chi connectivity index (χ0n) is 15.2. The van der Waals surface area contributed by atoms with Gasteiger partial charge in [0.05, 0.1) is 6.61 Å². The molecule has 2 rings (SSSR count). The first-order chi connectivity index (χ1) is 12.0. The maximum Gasteiger partial charge on any atom is 0.326 e. The normalized spacial score (nSPS) is 18.8. The number of benzene rings is 1. The lowest BCUT2D eigenvalue weighted by molar-refractivity contribution is -0.145. The molecule has 1 aromatic carbocycles. The minimum atomic E-state index is -0.984. The summed E-state index contributed by atoms with van der Waals surface area (Å²) in [6.07, 6.45) is 3.56. The smallest absolute Gasteiger partial charge is 0.326 e. The number of amides is 1. The standard InChI is InChI=1S/C20H29NO4/c1-14(2)12-16-7-5-15(6-8-16)9-10-18(22)21-19(20(23)24)17-4-3-11-25-13-17/h5-8,14,17,19H,3-4,9-13H2,1-2H3,(H,21,22)(H,23,24). The zero-order chi connectivity index (χ0) is 18.2. The lowest BCUT2D eigenvalue weighted by atomic mass is 9.93. The van der Waals surface area contributed by atoms with E-state index in [2.05, 4.69) is 43.4 Å². The van der Waals surface area contributed by atoms with Crippen LogP contribution in [0.5, 0.6) is 0 Å². The fraction of sp³-hybridized carbons (Fsp3) is 0.600. The predicted molar refractivity (Wildman–Crippen MR) is 96.4 cm³/mol. The monoisotopic (exact) mass is 347 g/mol. The molecule has 1 aliphatic heterocycles. The van der Waals surface area contributed by atoms with Gasteiger partial charge in [-0.25, -0.2) is 4.79 Å². The molecule has 1 saturated heterocycles. The van der Waals surface area contributed by atoms with Crippen molar-refractivity contribution in [1.29, 1.82) is 0 Å². The van der Waals surface area contributed by atoms with Crippen LogP contribution in [-0.4, -0.2) is 36.2 Å². The van der Waals surface area contributed by atoms with Crippen LogP contribution in [0.25, 0.3) is 0 Å². The fourth-order valence-corrected chi connectivity index (χ4v) is 3.23. The van der Waals surface area contributed by atoms with Gasteiger partial charge in [0.25, 0.3) is 0 Å². The van der Waals surface area contributed by atoms with Crippen LogP contribution in [0, 0.1) is 11.8 Å². The third-order valence-electron chi connectivity index (χ3n) is 4.56. The van der Waals surface area contributed by atoms with Crippen molar-refractivity contribution in [3.63, 3.8) is 0 Å². The molecule has 138 valence electrons. The molecular formula is C20H29NO4. The highest BCUT2D eigenvalue weighted by molar-refractivity contribution is 5.83. The molecule has 1 amide bonds. The van der Waals surface area contributed by atoms with Gasteiger partial charge in [-0.2, -0.15) is 0 Å². The first kappa shape index (κ1) is 19.4. The molecule has 1 aromatic rings. The predicted octanol–water partition coefficient (Wildman–Crippen LogP) is 2.81. The van der Waals surface area contributed by atoms with E-state index in [1.165, 1.54) is 5.56 Å². The highest BCUT2D eigenvalue weighted by Crippen LogP contribution is 2.18. The van der Waals surface area contributed by atoms with Crippen LogP contribution in [0.3, 0.4) is 0 Å². The van der Waals surface area contributed by atoms with Gasteiger partial charge in [0, 0.05) is 18.9 Å². The highest BCUT2D eigenvalue weighted by atomic mass is 16.5. The fourth-order valence-electron chi connectivity index (χ4n) is 3.23. The molecule has 1 heterocycles. The van der Waals surface area contributed by atoms with Gasteiger partial charge in [0.15, 0.2) is 0 Å². The number of hydrogen-bond donors (Lipinski definition) is 2. The maximum atomic E-state index is 12.2. The Hall–Kier alpha value is -1.88. The van der Waals surface area contributed by atoms with E-state index in [1.54, 1.807) is 0 Å². The van der Waals surface area contributed by atoms with E-state index >= 15 is 0 Å².